The van der Waals surface area contributed by atoms with Crippen molar-refractivity contribution in [3.63, 3.8) is 0 Å². The molecule has 0 aromatic rings. The Morgan fingerprint density at radius 1 is 1.86 bits per heavy atom. The standard InChI is InChI=1S/C3H6O2S.CH4/c1-2(6)3(4)5;/h2,6H,1H3,(H,4,5);1H4/p-1. The number of thiol groups is 1. The summed E-state index contributed by atoms with van der Waals surface area (Å²) >= 11 is 3.53. The molecule has 0 aromatic heterocycles. The maximum atomic E-state index is 9.51. The van der Waals surface area contributed by atoms with Crippen molar-refractivity contribution in [2.24, 2.45) is 0 Å². The van der Waals surface area contributed by atoms with Gasteiger partial charge in [-0.2, -0.15) is 12.6 Å². The van der Waals surface area contributed by atoms with E-state index in [-0.39, 0.29) is 7.43 Å². The zero-order valence-corrected chi connectivity index (χ0v) is 4.24. The van der Waals surface area contributed by atoms with Gasteiger partial charge in [0.15, 0.2) is 0 Å². The number of carbonyl (C=O) groups is 1. The molecule has 44 valence electrons. The fourth-order valence-electron chi connectivity index (χ4n) is 0. The Hall–Kier alpha value is -0.180. The molecule has 0 spiro atoms. The van der Waals surface area contributed by atoms with Gasteiger partial charge in [0.1, 0.15) is 0 Å². The minimum atomic E-state index is -1.13. The molecule has 0 rings (SSSR count). The average Bonchev–Trinajstić information content (AvgIpc) is 1.36. The lowest BCUT2D eigenvalue weighted by Crippen LogP contribution is -2.29. The maximum absolute atomic E-state index is 9.51. The van der Waals surface area contributed by atoms with Gasteiger partial charge in [-0.05, 0) is 6.92 Å². The average molecular weight is 121 g/mol. The van der Waals surface area contributed by atoms with Crippen molar-refractivity contribution < 1.29 is 9.90 Å². The van der Waals surface area contributed by atoms with Crippen molar-refractivity contribution in [3.8, 4) is 0 Å². The van der Waals surface area contributed by atoms with E-state index in [2.05, 4.69) is 12.6 Å². The summed E-state index contributed by atoms with van der Waals surface area (Å²) in [5, 5.41) is 8.86. The molecule has 0 saturated carbocycles. The molecule has 2 nitrogen and oxygen atoms in total. The highest BCUT2D eigenvalue weighted by Crippen LogP contribution is 1.85. The number of carbonyl (C=O) groups excluding carboxylic acids is 1. The van der Waals surface area contributed by atoms with Crippen LogP contribution in [-0.4, -0.2) is 11.2 Å². The Labute approximate surface area is 49.0 Å². The molecule has 7 heavy (non-hydrogen) atoms. The topological polar surface area (TPSA) is 40.1 Å². The monoisotopic (exact) mass is 121 g/mol. The molecule has 0 aliphatic heterocycles. The Balaban J connectivity index is 0. The normalized spacial score (nSPS) is 11.7. The predicted octanol–water partition coefficient (Wildman–Crippen LogP) is -0.309. The minimum Gasteiger partial charge on any atom is -0.549 e. The van der Waals surface area contributed by atoms with Crippen LogP contribution in [0.5, 0.6) is 0 Å². The Kier molecular flexibility index (Phi) is 5.67. The molecule has 0 aliphatic carbocycles. The first-order chi connectivity index (χ1) is 2.64. The van der Waals surface area contributed by atoms with E-state index >= 15 is 0 Å². The third-order valence-electron chi connectivity index (χ3n) is 0.341. The van der Waals surface area contributed by atoms with Gasteiger partial charge in [-0.15, -0.1) is 0 Å². The van der Waals surface area contributed by atoms with Crippen LogP contribution < -0.4 is 5.11 Å². The predicted molar refractivity (Wildman–Crippen MR) is 30.2 cm³/mol. The Morgan fingerprint density at radius 3 is 2.00 bits per heavy atom. The molecular weight excluding hydrogens is 112 g/mol. The molecule has 0 heterocycles. The lowest BCUT2D eigenvalue weighted by Gasteiger charge is -2.00. The van der Waals surface area contributed by atoms with Crippen molar-refractivity contribution in [2.45, 2.75) is 19.6 Å². The maximum Gasteiger partial charge on any atom is 0.0539 e. The van der Waals surface area contributed by atoms with Crippen molar-refractivity contribution in [1.82, 2.24) is 0 Å². The SMILES string of the molecule is C.CC(S)C(=O)[O-]. The van der Waals surface area contributed by atoms with Crippen LogP contribution in [0.25, 0.3) is 0 Å². The van der Waals surface area contributed by atoms with Gasteiger partial charge in [0.25, 0.3) is 0 Å². The quantitative estimate of drug-likeness (QED) is 0.483. The lowest BCUT2D eigenvalue weighted by atomic mass is 10.5. The Morgan fingerprint density at radius 2 is 2.00 bits per heavy atom. The van der Waals surface area contributed by atoms with Crippen LogP contribution in [0, 0.1) is 0 Å². The molecule has 0 saturated heterocycles. The molecule has 0 fully saturated rings. The third-order valence-corrected chi connectivity index (χ3v) is 0.552. The van der Waals surface area contributed by atoms with Gasteiger partial charge >= 0.3 is 0 Å². The first-order valence-corrected chi connectivity index (χ1v) is 2.05. The fourth-order valence-corrected chi connectivity index (χ4v) is 0. The van der Waals surface area contributed by atoms with E-state index in [1.165, 1.54) is 6.92 Å². The molecule has 0 radical (unpaired) electrons. The number of hydrogen-bond acceptors (Lipinski definition) is 3. The number of carboxylic acid groups (broad SMARTS) is 1. The lowest BCUT2D eigenvalue weighted by molar-refractivity contribution is -0.304. The number of carboxylic acids is 1. The molecule has 0 N–H and O–H groups in total. The fraction of sp³-hybridized carbons (Fsp3) is 0.750. The van der Waals surface area contributed by atoms with Crippen LogP contribution in [-0.2, 0) is 4.79 Å². The van der Waals surface area contributed by atoms with Crippen LogP contribution in [0.15, 0.2) is 0 Å². The van der Waals surface area contributed by atoms with E-state index in [0.29, 0.717) is 0 Å². The summed E-state index contributed by atoms with van der Waals surface area (Å²) in [7, 11) is 0. The van der Waals surface area contributed by atoms with Gasteiger partial charge in [-0.1, -0.05) is 7.43 Å². The van der Waals surface area contributed by atoms with Crippen molar-refractivity contribution in [2.75, 3.05) is 0 Å². The van der Waals surface area contributed by atoms with Crippen molar-refractivity contribution >= 4 is 18.6 Å². The largest absolute Gasteiger partial charge is 0.549 e. The van der Waals surface area contributed by atoms with Crippen LogP contribution >= 0.6 is 12.6 Å². The van der Waals surface area contributed by atoms with Gasteiger partial charge in [0, 0.05) is 5.25 Å². The molecule has 0 aliphatic rings. The first kappa shape index (κ1) is 9.94. The van der Waals surface area contributed by atoms with Crippen molar-refractivity contribution in [3.05, 3.63) is 0 Å². The van der Waals surface area contributed by atoms with E-state index in [0.717, 1.165) is 0 Å². The summed E-state index contributed by atoms with van der Waals surface area (Å²) in [5.41, 5.74) is 0. The zero-order chi connectivity index (χ0) is 5.15. The number of hydrogen-bond donors (Lipinski definition) is 1. The zero-order valence-electron chi connectivity index (χ0n) is 3.34. The van der Waals surface area contributed by atoms with Gasteiger partial charge in [-0.25, -0.2) is 0 Å². The molecule has 1 atom stereocenters. The van der Waals surface area contributed by atoms with Crippen LogP contribution in [0.4, 0.5) is 0 Å². The third kappa shape index (κ3) is 5.82. The molecule has 1 unspecified atom stereocenters. The molecule has 0 bridgehead atoms. The van der Waals surface area contributed by atoms with Crippen LogP contribution in [0.2, 0.25) is 0 Å². The molecule has 0 amide bonds. The second kappa shape index (κ2) is 3.99. The summed E-state index contributed by atoms with van der Waals surface area (Å²) in [6, 6.07) is 0. The van der Waals surface area contributed by atoms with E-state index in [4.69, 9.17) is 0 Å². The number of aliphatic carboxylic acids is 1. The highest BCUT2D eigenvalue weighted by Gasteiger charge is 1.88. The van der Waals surface area contributed by atoms with Crippen LogP contribution in [0.1, 0.15) is 14.4 Å². The second-order valence-electron chi connectivity index (χ2n) is 0.995. The minimum absolute atomic E-state index is 0. The summed E-state index contributed by atoms with van der Waals surface area (Å²) in [5.74, 6) is -1.13. The number of rotatable bonds is 1. The first-order valence-electron chi connectivity index (χ1n) is 1.53. The van der Waals surface area contributed by atoms with Gasteiger partial charge in [0.2, 0.25) is 0 Å². The Bertz CT molecular complexity index is 60.7. The van der Waals surface area contributed by atoms with E-state index < -0.39 is 11.2 Å². The van der Waals surface area contributed by atoms with Crippen LogP contribution in [0.3, 0.4) is 0 Å². The summed E-state index contributed by atoms with van der Waals surface area (Å²) < 4.78 is 0. The summed E-state index contributed by atoms with van der Waals surface area (Å²) in [6.07, 6.45) is 0. The van der Waals surface area contributed by atoms with Gasteiger partial charge < -0.3 is 9.90 Å². The van der Waals surface area contributed by atoms with Crippen molar-refractivity contribution in [1.29, 1.82) is 0 Å². The molecule has 0 aromatic carbocycles. The van der Waals surface area contributed by atoms with E-state index in [1.54, 1.807) is 0 Å². The molecular formula is C4H9O2S-. The van der Waals surface area contributed by atoms with Gasteiger partial charge in [0.05, 0.1) is 5.97 Å². The smallest absolute Gasteiger partial charge is 0.0539 e. The van der Waals surface area contributed by atoms with E-state index in [9.17, 15) is 9.90 Å². The van der Waals surface area contributed by atoms with Gasteiger partial charge in [-0.3, -0.25) is 0 Å². The molecule has 3 heteroatoms. The summed E-state index contributed by atoms with van der Waals surface area (Å²) in [6.45, 7) is 1.44. The summed E-state index contributed by atoms with van der Waals surface area (Å²) in [4.78, 5) is 9.51. The second-order valence-corrected chi connectivity index (χ2v) is 1.77. The highest BCUT2D eigenvalue weighted by molar-refractivity contribution is 7.81. The highest BCUT2D eigenvalue weighted by atomic mass is 32.1. The van der Waals surface area contributed by atoms with E-state index in [1.807, 2.05) is 0 Å².